The third-order valence-electron chi connectivity index (χ3n) is 5.57. The minimum Gasteiger partial charge on any atom is -0.342 e. The summed E-state index contributed by atoms with van der Waals surface area (Å²) in [5.74, 6) is 0.877. The van der Waals surface area contributed by atoms with Crippen molar-refractivity contribution in [1.29, 1.82) is 0 Å². The van der Waals surface area contributed by atoms with E-state index in [1.165, 1.54) is 12.8 Å². The Kier molecular flexibility index (Phi) is 3.88. The van der Waals surface area contributed by atoms with Gasteiger partial charge in [0.2, 0.25) is 11.9 Å². The fraction of sp³-hybridized carbons (Fsp3) is 0.706. The Morgan fingerprint density at radius 3 is 2.76 bits per heavy atom. The average molecular weight is 354 g/mol. The normalized spacial score (nSPS) is 27.4. The van der Waals surface area contributed by atoms with E-state index in [1.807, 2.05) is 4.90 Å². The molecule has 0 radical (unpaired) electrons. The lowest BCUT2D eigenvalue weighted by molar-refractivity contribution is -0.145. The molecule has 0 N–H and O–H groups in total. The molecule has 1 saturated carbocycles. The lowest BCUT2D eigenvalue weighted by Crippen LogP contribution is -2.50. The number of nitrogens with zero attached hydrogens (tertiary/aromatic N) is 4. The molecule has 1 amide bonds. The summed E-state index contributed by atoms with van der Waals surface area (Å²) < 4.78 is 38.6. The molecule has 0 bridgehead atoms. The summed E-state index contributed by atoms with van der Waals surface area (Å²) in [6, 6.07) is 0.873. The molecule has 2 aliphatic heterocycles. The van der Waals surface area contributed by atoms with Crippen molar-refractivity contribution in [3.63, 3.8) is 0 Å². The number of piperidine rings is 1. The zero-order valence-corrected chi connectivity index (χ0v) is 13.9. The Hall–Kier alpha value is -1.86. The van der Waals surface area contributed by atoms with E-state index in [1.54, 1.807) is 4.90 Å². The van der Waals surface area contributed by atoms with Crippen LogP contribution >= 0.6 is 0 Å². The van der Waals surface area contributed by atoms with Crippen LogP contribution in [0.3, 0.4) is 0 Å². The second-order valence-corrected chi connectivity index (χ2v) is 7.49. The Labute approximate surface area is 144 Å². The molecule has 25 heavy (non-hydrogen) atoms. The second kappa shape index (κ2) is 5.85. The van der Waals surface area contributed by atoms with Gasteiger partial charge in [0.15, 0.2) is 0 Å². The quantitative estimate of drug-likeness (QED) is 0.838. The second-order valence-electron chi connectivity index (χ2n) is 7.49. The summed E-state index contributed by atoms with van der Waals surface area (Å²) in [6.07, 6.45) is 1.45. The zero-order chi connectivity index (χ0) is 17.7. The maximum absolute atomic E-state index is 13.0. The van der Waals surface area contributed by atoms with Crippen LogP contribution in [0.2, 0.25) is 0 Å². The number of aromatic nitrogens is 2. The number of anilines is 1. The molecule has 1 unspecified atom stereocenters. The number of rotatable bonds is 3. The van der Waals surface area contributed by atoms with Gasteiger partial charge in [-0.2, -0.15) is 13.2 Å². The summed E-state index contributed by atoms with van der Waals surface area (Å²) in [7, 11) is 0. The molecule has 3 fully saturated rings. The summed E-state index contributed by atoms with van der Waals surface area (Å²) in [4.78, 5) is 24.4. The first-order chi connectivity index (χ1) is 11.9. The van der Waals surface area contributed by atoms with Crippen LogP contribution in [0.5, 0.6) is 0 Å². The molecule has 1 aromatic heterocycles. The van der Waals surface area contributed by atoms with Gasteiger partial charge in [0.25, 0.3) is 0 Å². The molecular formula is C17H21F3N4O. The maximum Gasteiger partial charge on any atom is 0.433 e. The molecule has 1 aliphatic carbocycles. The molecule has 8 heteroatoms. The summed E-state index contributed by atoms with van der Waals surface area (Å²) in [5.41, 5.74) is -1.42. The van der Waals surface area contributed by atoms with Crippen molar-refractivity contribution in [1.82, 2.24) is 14.9 Å². The number of carbonyl (C=O) groups excluding carboxylic acids is 1. The highest BCUT2D eigenvalue weighted by Crippen LogP contribution is 2.42. The molecule has 3 aliphatic rings. The van der Waals surface area contributed by atoms with Gasteiger partial charge in [0, 0.05) is 32.4 Å². The van der Waals surface area contributed by atoms with Crippen LogP contribution in [0.4, 0.5) is 19.1 Å². The zero-order valence-electron chi connectivity index (χ0n) is 13.9. The van der Waals surface area contributed by atoms with Gasteiger partial charge in [-0.1, -0.05) is 0 Å². The molecule has 1 atom stereocenters. The molecular weight excluding hydrogens is 333 g/mol. The Balaban J connectivity index is 1.51. The summed E-state index contributed by atoms with van der Waals surface area (Å²) in [5, 5.41) is 0. The van der Waals surface area contributed by atoms with Crippen LogP contribution in [-0.4, -0.2) is 47.0 Å². The van der Waals surface area contributed by atoms with Gasteiger partial charge >= 0.3 is 6.18 Å². The van der Waals surface area contributed by atoms with E-state index in [2.05, 4.69) is 9.97 Å². The third-order valence-corrected chi connectivity index (χ3v) is 5.57. The van der Waals surface area contributed by atoms with Crippen molar-refractivity contribution in [3.05, 3.63) is 18.0 Å². The first-order valence-corrected chi connectivity index (χ1v) is 8.82. The number of alkyl halides is 3. The molecule has 136 valence electrons. The highest BCUT2D eigenvalue weighted by atomic mass is 19.4. The minimum atomic E-state index is -4.49. The van der Waals surface area contributed by atoms with Crippen molar-refractivity contribution in [2.75, 3.05) is 31.1 Å². The van der Waals surface area contributed by atoms with Gasteiger partial charge in [-0.15, -0.1) is 0 Å². The average Bonchev–Trinajstić information content (AvgIpc) is 3.29. The number of likely N-dealkylation sites (tertiary alicyclic amines) is 1. The van der Waals surface area contributed by atoms with Crippen LogP contribution in [0, 0.1) is 11.3 Å². The van der Waals surface area contributed by atoms with E-state index in [-0.39, 0.29) is 11.9 Å². The van der Waals surface area contributed by atoms with Gasteiger partial charge < -0.3 is 9.80 Å². The summed E-state index contributed by atoms with van der Waals surface area (Å²) in [6.45, 7) is 2.57. The number of carbonyl (C=O) groups is 1. The fourth-order valence-electron chi connectivity index (χ4n) is 4.02. The van der Waals surface area contributed by atoms with Crippen LogP contribution in [0.25, 0.3) is 0 Å². The molecule has 2 saturated heterocycles. The van der Waals surface area contributed by atoms with E-state index in [4.69, 9.17) is 0 Å². The Morgan fingerprint density at radius 2 is 2.04 bits per heavy atom. The Bertz CT molecular complexity index is 676. The first kappa shape index (κ1) is 16.6. The number of hydrogen-bond donors (Lipinski definition) is 0. The largest absolute Gasteiger partial charge is 0.433 e. The first-order valence-electron chi connectivity index (χ1n) is 8.82. The highest BCUT2D eigenvalue weighted by Gasteiger charge is 2.49. The SMILES string of the molecule is O=C1N(CC2CC2)CCCC12CCN(c1nccc(C(F)(F)F)n1)C2. The predicted octanol–water partition coefficient (Wildman–Crippen LogP) is 2.72. The van der Waals surface area contributed by atoms with Crippen molar-refractivity contribution in [3.8, 4) is 0 Å². The number of hydrogen-bond acceptors (Lipinski definition) is 4. The van der Waals surface area contributed by atoms with Crippen LogP contribution in [0.1, 0.15) is 37.8 Å². The topological polar surface area (TPSA) is 49.3 Å². The van der Waals surface area contributed by atoms with Gasteiger partial charge in [-0.3, -0.25) is 4.79 Å². The van der Waals surface area contributed by atoms with E-state index >= 15 is 0 Å². The van der Waals surface area contributed by atoms with E-state index in [0.717, 1.165) is 38.2 Å². The number of amides is 1. The molecule has 0 aromatic carbocycles. The molecule has 1 spiro atoms. The van der Waals surface area contributed by atoms with E-state index < -0.39 is 17.3 Å². The third kappa shape index (κ3) is 3.18. The van der Waals surface area contributed by atoms with E-state index in [9.17, 15) is 18.0 Å². The molecule has 4 rings (SSSR count). The molecule has 1 aromatic rings. The maximum atomic E-state index is 13.0. The van der Waals surface area contributed by atoms with E-state index in [0.29, 0.717) is 25.4 Å². The van der Waals surface area contributed by atoms with Crippen LogP contribution in [-0.2, 0) is 11.0 Å². The fourth-order valence-corrected chi connectivity index (χ4v) is 4.02. The minimum absolute atomic E-state index is 0.0683. The van der Waals surface area contributed by atoms with Crippen molar-refractivity contribution in [2.24, 2.45) is 11.3 Å². The van der Waals surface area contributed by atoms with Gasteiger partial charge in [-0.25, -0.2) is 9.97 Å². The van der Waals surface area contributed by atoms with Crippen molar-refractivity contribution < 1.29 is 18.0 Å². The lowest BCUT2D eigenvalue weighted by Gasteiger charge is -2.39. The van der Waals surface area contributed by atoms with Crippen molar-refractivity contribution in [2.45, 2.75) is 38.3 Å². The van der Waals surface area contributed by atoms with Crippen LogP contribution < -0.4 is 4.90 Å². The Morgan fingerprint density at radius 1 is 1.24 bits per heavy atom. The number of halogens is 3. The monoisotopic (exact) mass is 354 g/mol. The van der Waals surface area contributed by atoms with Crippen molar-refractivity contribution >= 4 is 11.9 Å². The lowest BCUT2D eigenvalue weighted by atomic mass is 9.78. The predicted molar refractivity (Wildman–Crippen MR) is 84.8 cm³/mol. The van der Waals surface area contributed by atoms with Gasteiger partial charge in [0.05, 0.1) is 5.41 Å². The smallest absolute Gasteiger partial charge is 0.342 e. The van der Waals surface area contributed by atoms with Gasteiger partial charge in [-0.05, 0) is 44.1 Å². The summed E-state index contributed by atoms with van der Waals surface area (Å²) >= 11 is 0. The molecule has 3 heterocycles. The highest BCUT2D eigenvalue weighted by molar-refractivity contribution is 5.85. The van der Waals surface area contributed by atoms with Crippen LogP contribution in [0.15, 0.2) is 12.3 Å². The standard InChI is InChI=1S/C17H21F3N4O/c18-17(19,20)13-4-7-21-15(22-13)24-9-6-16(11-24)5-1-8-23(14(16)25)10-12-2-3-12/h4,7,12H,1-3,5-6,8-11H2. The molecule has 5 nitrogen and oxygen atoms in total. The van der Waals surface area contributed by atoms with Gasteiger partial charge in [0.1, 0.15) is 5.69 Å².